The molecule has 0 unspecified atom stereocenters. The number of anilines is 2. The van der Waals surface area contributed by atoms with Crippen LogP contribution in [0, 0.1) is 20.8 Å². The number of aryl methyl sites for hydroxylation is 3. The minimum Gasteiger partial charge on any atom is -0.497 e. The molecule has 146 valence electrons. The molecular weight excluding hydrogens is 364 g/mol. The summed E-state index contributed by atoms with van der Waals surface area (Å²) in [6, 6.07) is 9.58. The third-order valence-corrected chi connectivity index (χ3v) is 5.58. The molecule has 0 spiro atoms. The van der Waals surface area contributed by atoms with Gasteiger partial charge in [-0.05, 0) is 63.1 Å². The molecule has 1 atom stereocenters. The number of sulfonamides is 1. The molecule has 1 amide bonds. The lowest BCUT2D eigenvalue weighted by Crippen LogP contribution is -2.45. The zero-order valence-corrected chi connectivity index (χ0v) is 17.3. The van der Waals surface area contributed by atoms with Crippen LogP contribution in [0.5, 0.6) is 5.75 Å². The van der Waals surface area contributed by atoms with Crippen molar-refractivity contribution in [3.05, 3.63) is 53.1 Å². The monoisotopic (exact) mass is 390 g/mol. The summed E-state index contributed by atoms with van der Waals surface area (Å²) in [5.74, 6) is 0.210. The maximum absolute atomic E-state index is 12.8. The maximum Gasteiger partial charge on any atom is 0.248 e. The highest BCUT2D eigenvalue weighted by Crippen LogP contribution is 2.26. The highest BCUT2D eigenvalue weighted by Gasteiger charge is 2.29. The molecule has 0 heterocycles. The number of methoxy groups -OCH3 is 1. The first-order chi connectivity index (χ1) is 12.5. The molecule has 0 aliphatic rings. The number of benzene rings is 2. The molecule has 2 rings (SSSR count). The topological polar surface area (TPSA) is 75.7 Å². The van der Waals surface area contributed by atoms with Crippen molar-refractivity contribution < 1.29 is 17.9 Å². The fourth-order valence-corrected chi connectivity index (χ4v) is 4.32. The Labute approximate surface area is 161 Å². The zero-order chi connectivity index (χ0) is 20.4. The summed E-state index contributed by atoms with van der Waals surface area (Å²) in [5, 5.41) is 2.88. The average Bonchev–Trinajstić information content (AvgIpc) is 2.57. The number of amides is 1. The molecule has 1 N–H and O–H groups in total. The van der Waals surface area contributed by atoms with Gasteiger partial charge < -0.3 is 10.1 Å². The summed E-state index contributed by atoms with van der Waals surface area (Å²) >= 11 is 0. The van der Waals surface area contributed by atoms with E-state index in [1.54, 1.807) is 31.2 Å². The number of hydrogen-bond donors (Lipinski definition) is 1. The van der Waals surface area contributed by atoms with E-state index in [-0.39, 0.29) is 0 Å². The molecule has 0 saturated heterocycles. The van der Waals surface area contributed by atoms with E-state index < -0.39 is 22.0 Å². The summed E-state index contributed by atoms with van der Waals surface area (Å²) in [4.78, 5) is 12.8. The number of ether oxygens (including phenoxy) is 1. The van der Waals surface area contributed by atoms with Crippen molar-refractivity contribution in [1.29, 1.82) is 0 Å². The zero-order valence-electron chi connectivity index (χ0n) is 16.5. The van der Waals surface area contributed by atoms with E-state index in [9.17, 15) is 13.2 Å². The predicted molar refractivity (Wildman–Crippen MR) is 109 cm³/mol. The Bertz CT molecular complexity index is 914. The van der Waals surface area contributed by atoms with Gasteiger partial charge in [0.25, 0.3) is 0 Å². The summed E-state index contributed by atoms with van der Waals surface area (Å²) in [6.07, 6.45) is 1.09. The highest BCUT2D eigenvalue weighted by molar-refractivity contribution is 7.92. The normalized spacial score (nSPS) is 12.4. The van der Waals surface area contributed by atoms with E-state index in [2.05, 4.69) is 5.32 Å². The Morgan fingerprint density at radius 2 is 1.59 bits per heavy atom. The minimum absolute atomic E-state index is 0.397. The molecule has 0 bridgehead atoms. The summed E-state index contributed by atoms with van der Waals surface area (Å²) in [5.41, 5.74) is 4.08. The SMILES string of the molecule is COc1ccc(N([C@@H](C)C(=O)Nc2c(C)cc(C)cc2C)S(C)(=O)=O)cc1. The molecular formula is C20H26N2O4S. The van der Waals surface area contributed by atoms with Crippen LogP contribution in [0.25, 0.3) is 0 Å². The number of hydrogen-bond acceptors (Lipinski definition) is 4. The number of carbonyl (C=O) groups excluding carboxylic acids is 1. The van der Waals surface area contributed by atoms with Crippen LogP contribution >= 0.6 is 0 Å². The van der Waals surface area contributed by atoms with Gasteiger partial charge >= 0.3 is 0 Å². The van der Waals surface area contributed by atoms with Crippen molar-refractivity contribution in [2.24, 2.45) is 0 Å². The Morgan fingerprint density at radius 1 is 1.07 bits per heavy atom. The van der Waals surface area contributed by atoms with Crippen LogP contribution in [0.15, 0.2) is 36.4 Å². The Kier molecular flexibility index (Phi) is 6.15. The highest BCUT2D eigenvalue weighted by atomic mass is 32.2. The second-order valence-corrected chi connectivity index (χ2v) is 8.56. The molecule has 6 nitrogen and oxygen atoms in total. The third kappa shape index (κ3) is 4.80. The first-order valence-corrected chi connectivity index (χ1v) is 10.4. The standard InChI is InChI=1S/C20H26N2O4S/c1-13-11-14(2)19(15(3)12-13)21-20(23)16(4)22(27(6,24)25)17-7-9-18(26-5)10-8-17/h7-12,16H,1-6H3,(H,21,23)/t16-/m0/s1. The van der Waals surface area contributed by atoms with E-state index in [0.29, 0.717) is 17.1 Å². The van der Waals surface area contributed by atoms with Gasteiger partial charge in [0.15, 0.2) is 0 Å². The number of carbonyl (C=O) groups is 1. The molecule has 0 aliphatic heterocycles. The lowest BCUT2D eigenvalue weighted by molar-refractivity contribution is -0.116. The molecule has 27 heavy (non-hydrogen) atoms. The number of rotatable bonds is 6. The van der Waals surface area contributed by atoms with Crippen LogP contribution in [-0.4, -0.2) is 33.7 Å². The smallest absolute Gasteiger partial charge is 0.248 e. The van der Waals surface area contributed by atoms with Crippen LogP contribution < -0.4 is 14.4 Å². The van der Waals surface area contributed by atoms with Crippen LogP contribution in [0.3, 0.4) is 0 Å². The van der Waals surface area contributed by atoms with E-state index in [1.807, 2.05) is 32.9 Å². The average molecular weight is 391 g/mol. The summed E-state index contributed by atoms with van der Waals surface area (Å²) in [6.45, 7) is 7.39. The van der Waals surface area contributed by atoms with Crippen molar-refractivity contribution in [2.75, 3.05) is 23.0 Å². The third-order valence-electron chi connectivity index (χ3n) is 4.34. The Hall–Kier alpha value is -2.54. The van der Waals surface area contributed by atoms with E-state index >= 15 is 0 Å². The quantitative estimate of drug-likeness (QED) is 0.820. The fourth-order valence-electron chi connectivity index (χ4n) is 3.14. The second kappa shape index (κ2) is 8.00. The summed E-state index contributed by atoms with van der Waals surface area (Å²) in [7, 11) is -2.14. The van der Waals surface area contributed by atoms with Gasteiger partial charge in [0.1, 0.15) is 11.8 Å². The Morgan fingerprint density at radius 3 is 2.04 bits per heavy atom. The molecule has 0 saturated carbocycles. The molecule has 0 radical (unpaired) electrons. The summed E-state index contributed by atoms with van der Waals surface area (Å²) < 4.78 is 31.0. The van der Waals surface area contributed by atoms with Gasteiger partial charge in [-0.1, -0.05) is 17.7 Å². The van der Waals surface area contributed by atoms with Gasteiger partial charge in [-0.25, -0.2) is 8.42 Å². The van der Waals surface area contributed by atoms with Gasteiger partial charge in [0.05, 0.1) is 19.1 Å². The lowest BCUT2D eigenvalue weighted by Gasteiger charge is -2.28. The molecule has 7 heteroatoms. The van der Waals surface area contributed by atoms with Crippen molar-refractivity contribution in [1.82, 2.24) is 0 Å². The van der Waals surface area contributed by atoms with Crippen molar-refractivity contribution in [3.8, 4) is 5.75 Å². The largest absolute Gasteiger partial charge is 0.497 e. The van der Waals surface area contributed by atoms with Crippen LogP contribution in [0.4, 0.5) is 11.4 Å². The van der Waals surface area contributed by atoms with Crippen molar-refractivity contribution in [2.45, 2.75) is 33.7 Å². The van der Waals surface area contributed by atoms with Gasteiger partial charge in [0, 0.05) is 5.69 Å². The van der Waals surface area contributed by atoms with E-state index in [0.717, 1.165) is 27.3 Å². The van der Waals surface area contributed by atoms with Crippen LogP contribution in [-0.2, 0) is 14.8 Å². The molecule has 0 aliphatic carbocycles. The first-order valence-electron chi connectivity index (χ1n) is 8.56. The van der Waals surface area contributed by atoms with Gasteiger partial charge in [-0.15, -0.1) is 0 Å². The van der Waals surface area contributed by atoms with Gasteiger partial charge in [-0.3, -0.25) is 9.10 Å². The van der Waals surface area contributed by atoms with Gasteiger partial charge in [-0.2, -0.15) is 0 Å². The maximum atomic E-state index is 12.8. The first kappa shape index (κ1) is 20.8. The predicted octanol–water partition coefficient (Wildman–Crippen LogP) is 3.41. The molecule has 0 fully saturated rings. The van der Waals surface area contributed by atoms with E-state index in [1.165, 1.54) is 7.11 Å². The van der Waals surface area contributed by atoms with Crippen molar-refractivity contribution in [3.63, 3.8) is 0 Å². The number of nitrogens with one attached hydrogen (secondary N) is 1. The van der Waals surface area contributed by atoms with Crippen LogP contribution in [0.2, 0.25) is 0 Å². The fraction of sp³-hybridized carbons (Fsp3) is 0.350. The molecule has 2 aromatic carbocycles. The minimum atomic E-state index is -3.67. The second-order valence-electron chi connectivity index (χ2n) is 6.70. The molecule has 0 aromatic heterocycles. The van der Waals surface area contributed by atoms with Crippen LogP contribution in [0.1, 0.15) is 23.6 Å². The van der Waals surface area contributed by atoms with Crippen molar-refractivity contribution >= 4 is 27.3 Å². The Balaban J connectivity index is 2.35. The lowest BCUT2D eigenvalue weighted by atomic mass is 10.0. The van der Waals surface area contributed by atoms with E-state index in [4.69, 9.17) is 4.74 Å². The van der Waals surface area contributed by atoms with Gasteiger partial charge in [0.2, 0.25) is 15.9 Å². The molecule has 2 aromatic rings. The number of nitrogens with zero attached hydrogens (tertiary/aromatic N) is 1.